The molecule has 122 valence electrons. The molecule has 0 aromatic heterocycles. The third-order valence-corrected chi connectivity index (χ3v) is 3.63. The topological polar surface area (TPSA) is 61.8 Å². The Bertz CT molecular complexity index is 563. The zero-order valence-corrected chi connectivity index (χ0v) is 12.1. The van der Waals surface area contributed by atoms with Crippen molar-refractivity contribution in [1.82, 2.24) is 4.90 Å². The van der Waals surface area contributed by atoms with Gasteiger partial charge in [-0.2, -0.15) is 13.2 Å². The molecule has 1 aliphatic rings. The number of ether oxygens (including phenoxy) is 1. The van der Waals surface area contributed by atoms with Gasteiger partial charge in [0.05, 0.1) is 24.8 Å². The van der Waals surface area contributed by atoms with Gasteiger partial charge in [-0.05, 0) is 24.6 Å². The molecule has 1 aliphatic heterocycles. The molecule has 0 radical (unpaired) electrons. The van der Waals surface area contributed by atoms with Gasteiger partial charge in [-0.15, -0.1) is 0 Å². The molecule has 1 aromatic carbocycles. The maximum Gasteiger partial charge on any atom is 0.416 e. The summed E-state index contributed by atoms with van der Waals surface area (Å²) in [4.78, 5) is 13.4. The summed E-state index contributed by atoms with van der Waals surface area (Å²) in [6, 6.07) is 2.59. The van der Waals surface area contributed by atoms with Gasteiger partial charge in [0.1, 0.15) is 6.10 Å². The number of aryl methyl sites for hydroxylation is 1. The second-order valence-electron chi connectivity index (χ2n) is 5.20. The second kappa shape index (κ2) is 6.13. The normalized spacial score (nSPS) is 22.0. The van der Waals surface area contributed by atoms with Gasteiger partial charge in [0.2, 0.25) is 0 Å². The number of nitrogens with zero attached hydrogens (tertiary/aromatic N) is 1. The van der Waals surface area contributed by atoms with E-state index in [1.807, 2.05) is 0 Å². The molecule has 1 saturated heterocycles. The van der Waals surface area contributed by atoms with Crippen molar-refractivity contribution in [1.29, 1.82) is 0 Å². The van der Waals surface area contributed by atoms with Gasteiger partial charge in [0.15, 0.2) is 0 Å². The maximum absolute atomic E-state index is 12.7. The van der Waals surface area contributed by atoms with E-state index in [2.05, 4.69) is 5.32 Å². The number of likely N-dealkylation sites (tertiary alicyclic amines) is 1. The van der Waals surface area contributed by atoms with E-state index < -0.39 is 30.0 Å². The van der Waals surface area contributed by atoms with Crippen LogP contribution in [-0.4, -0.2) is 48.4 Å². The fourth-order valence-electron chi connectivity index (χ4n) is 2.28. The van der Waals surface area contributed by atoms with Crippen molar-refractivity contribution in [2.45, 2.75) is 25.3 Å². The van der Waals surface area contributed by atoms with Crippen molar-refractivity contribution < 1.29 is 27.8 Å². The fraction of sp³-hybridized carbons (Fsp3) is 0.500. The number of nitrogens with one attached hydrogen (secondary N) is 1. The summed E-state index contributed by atoms with van der Waals surface area (Å²) in [5, 5.41) is 12.1. The van der Waals surface area contributed by atoms with Gasteiger partial charge in [-0.1, -0.05) is 6.07 Å². The number of rotatable bonds is 2. The van der Waals surface area contributed by atoms with Crippen LogP contribution in [0.15, 0.2) is 18.2 Å². The number of alkyl halides is 3. The lowest BCUT2D eigenvalue weighted by atomic mass is 10.1. The molecule has 1 fully saturated rings. The maximum atomic E-state index is 12.7. The molecular formula is C14H17F3N2O3. The minimum absolute atomic E-state index is 0.0718. The highest BCUT2D eigenvalue weighted by atomic mass is 19.4. The third-order valence-electron chi connectivity index (χ3n) is 3.63. The van der Waals surface area contributed by atoms with Gasteiger partial charge in [0.25, 0.3) is 0 Å². The van der Waals surface area contributed by atoms with E-state index in [-0.39, 0.29) is 18.8 Å². The SMILES string of the molecule is CO[C@@H]1CN(C(=O)Nc2cc(C(F)(F)F)ccc2C)C[C@H]1O. The molecule has 1 heterocycles. The third kappa shape index (κ3) is 3.50. The average Bonchev–Trinajstić information content (AvgIpc) is 2.81. The number of hydrogen-bond donors (Lipinski definition) is 2. The Morgan fingerprint density at radius 1 is 1.41 bits per heavy atom. The van der Waals surface area contributed by atoms with Crippen LogP contribution in [0, 0.1) is 6.92 Å². The molecule has 2 rings (SSSR count). The largest absolute Gasteiger partial charge is 0.416 e. The van der Waals surface area contributed by atoms with Crippen LogP contribution in [0.1, 0.15) is 11.1 Å². The number of carbonyl (C=O) groups is 1. The molecule has 5 nitrogen and oxygen atoms in total. The molecule has 2 N–H and O–H groups in total. The van der Waals surface area contributed by atoms with E-state index in [4.69, 9.17) is 4.74 Å². The van der Waals surface area contributed by atoms with Gasteiger partial charge in [-0.25, -0.2) is 4.79 Å². The lowest BCUT2D eigenvalue weighted by Gasteiger charge is -2.18. The van der Waals surface area contributed by atoms with Crippen molar-refractivity contribution in [3.63, 3.8) is 0 Å². The van der Waals surface area contributed by atoms with Crippen LogP contribution in [0.2, 0.25) is 0 Å². The van der Waals surface area contributed by atoms with Crippen LogP contribution in [0.3, 0.4) is 0 Å². The second-order valence-corrected chi connectivity index (χ2v) is 5.20. The average molecular weight is 318 g/mol. The highest BCUT2D eigenvalue weighted by molar-refractivity contribution is 5.90. The fourth-order valence-corrected chi connectivity index (χ4v) is 2.28. The van der Waals surface area contributed by atoms with E-state index >= 15 is 0 Å². The lowest BCUT2D eigenvalue weighted by molar-refractivity contribution is -0.137. The zero-order chi connectivity index (χ0) is 16.5. The number of anilines is 1. The molecule has 2 atom stereocenters. The Kier molecular flexibility index (Phi) is 4.62. The zero-order valence-electron chi connectivity index (χ0n) is 12.1. The first kappa shape index (κ1) is 16.6. The Morgan fingerprint density at radius 3 is 2.64 bits per heavy atom. The summed E-state index contributed by atoms with van der Waals surface area (Å²) < 4.78 is 43.2. The number of methoxy groups -OCH3 is 1. The quantitative estimate of drug-likeness (QED) is 0.879. The Morgan fingerprint density at radius 2 is 2.09 bits per heavy atom. The van der Waals surface area contributed by atoms with Crippen LogP contribution >= 0.6 is 0 Å². The Hall–Kier alpha value is -1.80. The minimum atomic E-state index is -4.47. The van der Waals surface area contributed by atoms with Crippen LogP contribution in [0.4, 0.5) is 23.7 Å². The number of aliphatic hydroxyl groups excluding tert-OH is 1. The number of hydrogen-bond acceptors (Lipinski definition) is 3. The summed E-state index contributed by atoms with van der Waals surface area (Å²) in [5.74, 6) is 0. The van der Waals surface area contributed by atoms with Crippen LogP contribution < -0.4 is 5.32 Å². The van der Waals surface area contributed by atoms with Crippen LogP contribution in [0.5, 0.6) is 0 Å². The number of aliphatic hydroxyl groups is 1. The van der Waals surface area contributed by atoms with Crippen molar-refractivity contribution in [3.05, 3.63) is 29.3 Å². The number of halogens is 3. The smallest absolute Gasteiger partial charge is 0.388 e. The van der Waals surface area contributed by atoms with Gasteiger partial charge in [-0.3, -0.25) is 0 Å². The molecule has 0 spiro atoms. The highest BCUT2D eigenvalue weighted by Crippen LogP contribution is 2.32. The monoisotopic (exact) mass is 318 g/mol. The predicted octanol–water partition coefficient (Wildman–Crippen LogP) is 2.24. The first-order valence-electron chi connectivity index (χ1n) is 6.67. The van der Waals surface area contributed by atoms with Gasteiger partial charge in [0, 0.05) is 12.8 Å². The Balaban J connectivity index is 2.12. The Labute approximate surface area is 125 Å². The number of benzene rings is 1. The lowest BCUT2D eigenvalue weighted by Crippen LogP contribution is -2.34. The standard InChI is InChI=1S/C14H17F3N2O3/c1-8-3-4-9(14(15,16)17)5-10(8)18-13(21)19-6-11(20)12(7-19)22-2/h3-5,11-12,20H,6-7H2,1-2H3,(H,18,21)/t11-,12-/m1/s1. The van der Waals surface area contributed by atoms with E-state index in [1.54, 1.807) is 6.92 Å². The van der Waals surface area contributed by atoms with E-state index in [9.17, 15) is 23.1 Å². The number of carbonyl (C=O) groups excluding carboxylic acids is 1. The molecule has 8 heteroatoms. The van der Waals surface area contributed by atoms with Gasteiger partial charge >= 0.3 is 12.2 Å². The van der Waals surface area contributed by atoms with Crippen LogP contribution in [-0.2, 0) is 10.9 Å². The van der Waals surface area contributed by atoms with E-state index in [0.29, 0.717) is 5.56 Å². The van der Waals surface area contributed by atoms with Gasteiger partial charge < -0.3 is 20.1 Å². The van der Waals surface area contributed by atoms with Crippen molar-refractivity contribution in [2.75, 3.05) is 25.5 Å². The highest BCUT2D eigenvalue weighted by Gasteiger charge is 2.35. The number of amides is 2. The number of urea groups is 1. The molecule has 0 aliphatic carbocycles. The van der Waals surface area contributed by atoms with Crippen molar-refractivity contribution in [3.8, 4) is 0 Å². The van der Waals surface area contributed by atoms with E-state index in [1.165, 1.54) is 18.1 Å². The van der Waals surface area contributed by atoms with Crippen molar-refractivity contribution in [2.24, 2.45) is 0 Å². The summed E-state index contributed by atoms with van der Waals surface area (Å²) in [6.07, 6.45) is -5.77. The molecule has 22 heavy (non-hydrogen) atoms. The number of β-amino-alcohol motifs (C(OH)–C–C–N with tert-alkyl or cyclic N) is 1. The molecule has 0 unspecified atom stereocenters. The minimum Gasteiger partial charge on any atom is -0.388 e. The first-order chi connectivity index (χ1) is 10.2. The molecule has 2 amide bonds. The molecular weight excluding hydrogens is 301 g/mol. The summed E-state index contributed by atoms with van der Waals surface area (Å²) >= 11 is 0. The molecule has 0 saturated carbocycles. The summed E-state index contributed by atoms with van der Waals surface area (Å²) in [5.41, 5.74) is -0.218. The van der Waals surface area contributed by atoms with Crippen LogP contribution in [0.25, 0.3) is 0 Å². The predicted molar refractivity (Wildman–Crippen MR) is 73.6 cm³/mol. The molecule has 0 bridgehead atoms. The van der Waals surface area contributed by atoms with Crippen molar-refractivity contribution >= 4 is 11.7 Å². The molecule has 1 aromatic rings. The summed E-state index contributed by atoms with van der Waals surface area (Å²) in [6.45, 7) is 1.86. The first-order valence-corrected chi connectivity index (χ1v) is 6.67. The summed E-state index contributed by atoms with van der Waals surface area (Å²) in [7, 11) is 1.42. The van der Waals surface area contributed by atoms with E-state index in [0.717, 1.165) is 12.1 Å².